The van der Waals surface area contributed by atoms with E-state index in [1.54, 1.807) is 12.1 Å². The molecule has 0 bridgehead atoms. The van der Waals surface area contributed by atoms with E-state index >= 15 is 0 Å². The molecule has 1 aromatic heterocycles. The Morgan fingerprint density at radius 2 is 1.95 bits per heavy atom. The molecule has 106 valence electrons. The smallest absolute Gasteiger partial charge is 0.244 e. The Labute approximate surface area is 117 Å². The van der Waals surface area contributed by atoms with Gasteiger partial charge in [-0.05, 0) is 30.7 Å². The molecule has 0 spiro atoms. The van der Waals surface area contributed by atoms with Crippen LogP contribution in [0.5, 0.6) is 0 Å². The number of rotatable bonds is 7. The van der Waals surface area contributed by atoms with Crippen molar-refractivity contribution in [2.45, 2.75) is 26.2 Å². The summed E-state index contributed by atoms with van der Waals surface area (Å²) in [5.41, 5.74) is 0.754. The third-order valence-corrected chi connectivity index (χ3v) is 2.74. The Kier molecular flexibility index (Phi) is 5.23. The first-order valence-corrected chi connectivity index (χ1v) is 6.74. The Morgan fingerprint density at radius 1 is 1.15 bits per heavy atom. The maximum absolute atomic E-state index is 12.8. The molecule has 0 amide bonds. The zero-order valence-corrected chi connectivity index (χ0v) is 11.4. The Hall–Kier alpha value is -2.24. The lowest BCUT2D eigenvalue weighted by atomic mass is 10.2. The summed E-state index contributed by atoms with van der Waals surface area (Å²) in [4.78, 5) is 4.30. The summed E-state index contributed by atoms with van der Waals surface area (Å²) in [6, 6.07) is 6.07. The van der Waals surface area contributed by atoms with Gasteiger partial charge in [-0.2, -0.15) is 10.1 Å². The lowest BCUT2D eigenvalue weighted by Crippen LogP contribution is -2.07. The predicted molar refractivity (Wildman–Crippen MR) is 77.5 cm³/mol. The predicted octanol–water partition coefficient (Wildman–Crippen LogP) is 3.36. The molecule has 0 aliphatic rings. The van der Waals surface area contributed by atoms with Gasteiger partial charge in [-0.15, -0.1) is 5.10 Å². The summed E-state index contributed by atoms with van der Waals surface area (Å²) in [6.45, 7) is 2.99. The molecule has 1 aromatic carbocycles. The van der Waals surface area contributed by atoms with Crippen LogP contribution < -0.4 is 10.6 Å². The van der Waals surface area contributed by atoms with Crippen molar-refractivity contribution in [3.8, 4) is 0 Å². The van der Waals surface area contributed by atoms with Crippen LogP contribution in [0.4, 0.5) is 21.8 Å². The van der Waals surface area contributed by atoms with E-state index in [4.69, 9.17) is 0 Å². The molecule has 20 heavy (non-hydrogen) atoms. The summed E-state index contributed by atoms with van der Waals surface area (Å²) in [7, 11) is 0. The maximum Gasteiger partial charge on any atom is 0.244 e. The van der Waals surface area contributed by atoms with Crippen LogP contribution in [0.2, 0.25) is 0 Å². The SMILES string of the molecule is CCCCCNc1nncc(Nc2ccc(F)cc2)n1. The van der Waals surface area contributed by atoms with Gasteiger partial charge in [0, 0.05) is 12.2 Å². The summed E-state index contributed by atoms with van der Waals surface area (Å²) in [5.74, 6) is 0.799. The van der Waals surface area contributed by atoms with Gasteiger partial charge in [0.1, 0.15) is 5.82 Å². The zero-order valence-electron chi connectivity index (χ0n) is 11.4. The summed E-state index contributed by atoms with van der Waals surface area (Å²) in [6.07, 6.45) is 4.96. The molecular weight excluding hydrogens is 257 g/mol. The fourth-order valence-corrected chi connectivity index (χ4v) is 1.69. The molecule has 0 aliphatic heterocycles. The van der Waals surface area contributed by atoms with Gasteiger partial charge < -0.3 is 10.6 Å². The van der Waals surface area contributed by atoms with Crippen LogP contribution in [0.25, 0.3) is 0 Å². The van der Waals surface area contributed by atoms with Gasteiger partial charge in [0.15, 0.2) is 5.82 Å². The summed E-state index contributed by atoms with van der Waals surface area (Å²) < 4.78 is 12.8. The number of hydrogen-bond donors (Lipinski definition) is 2. The summed E-state index contributed by atoms with van der Waals surface area (Å²) in [5, 5.41) is 14.0. The summed E-state index contributed by atoms with van der Waals surface area (Å²) >= 11 is 0. The fourth-order valence-electron chi connectivity index (χ4n) is 1.69. The first-order chi connectivity index (χ1) is 9.78. The number of unbranched alkanes of at least 4 members (excludes halogenated alkanes) is 2. The van der Waals surface area contributed by atoms with E-state index in [1.165, 1.54) is 31.2 Å². The molecule has 2 N–H and O–H groups in total. The van der Waals surface area contributed by atoms with Crippen molar-refractivity contribution in [2.75, 3.05) is 17.2 Å². The highest BCUT2D eigenvalue weighted by Crippen LogP contribution is 2.14. The van der Waals surface area contributed by atoms with Crippen molar-refractivity contribution in [1.82, 2.24) is 15.2 Å². The highest BCUT2D eigenvalue weighted by molar-refractivity contribution is 5.55. The van der Waals surface area contributed by atoms with Crippen LogP contribution in [-0.4, -0.2) is 21.7 Å². The Bertz CT molecular complexity index is 529. The highest BCUT2D eigenvalue weighted by Gasteiger charge is 2.01. The van der Waals surface area contributed by atoms with E-state index in [-0.39, 0.29) is 5.82 Å². The topological polar surface area (TPSA) is 62.7 Å². The van der Waals surface area contributed by atoms with Crippen LogP contribution in [0.1, 0.15) is 26.2 Å². The maximum atomic E-state index is 12.8. The number of benzene rings is 1. The van der Waals surface area contributed by atoms with Gasteiger partial charge in [0.25, 0.3) is 0 Å². The van der Waals surface area contributed by atoms with Crippen LogP contribution >= 0.6 is 0 Å². The van der Waals surface area contributed by atoms with Crippen molar-refractivity contribution in [3.05, 3.63) is 36.3 Å². The van der Waals surface area contributed by atoms with Gasteiger partial charge in [0.05, 0.1) is 6.20 Å². The molecule has 0 aliphatic carbocycles. The molecule has 1 heterocycles. The number of nitrogens with zero attached hydrogens (tertiary/aromatic N) is 3. The van der Waals surface area contributed by atoms with Crippen molar-refractivity contribution < 1.29 is 4.39 Å². The van der Waals surface area contributed by atoms with Crippen molar-refractivity contribution in [2.24, 2.45) is 0 Å². The zero-order chi connectivity index (χ0) is 14.2. The lowest BCUT2D eigenvalue weighted by molar-refractivity contribution is 0.628. The van der Waals surface area contributed by atoms with Gasteiger partial charge in [-0.25, -0.2) is 4.39 Å². The van der Waals surface area contributed by atoms with E-state index in [0.29, 0.717) is 11.8 Å². The molecule has 2 aromatic rings. The largest absolute Gasteiger partial charge is 0.353 e. The third-order valence-electron chi connectivity index (χ3n) is 2.74. The monoisotopic (exact) mass is 275 g/mol. The second-order valence-corrected chi connectivity index (χ2v) is 4.43. The molecule has 0 atom stereocenters. The van der Waals surface area contributed by atoms with Crippen molar-refractivity contribution in [3.63, 3.8) is 0 Å². The van der Waals surface area contributed by atoms with E-state index in [2.05, 4.69) is 32.7 Å². The average molecular weight is 275 g/mol. The number of anilines is 3. The van der Waals surface area contributed by atoms with Crippen molar-refractivity contribution >= 4 is 17.5 Å². The normalized spacial score (nSPS) is 10.3. The minimum absolute atomic E-state index is 0.269. The van der Waals surface area contributed by atoms with Crippen LogP contribution in [0.15, 0.2) is 30.5 Å². The third kappa shape index (κ3) is 4.46. The van der Waals surface area contributed by atoms with Gasteiger partial charge >= 0.3 is 0 Å². The number of nitrogens with one attached hydrogen (secondary N) is 2. The minimum Gasteiger partial charge on any atom is -0.353 e. The molecular formula is C14H18FN5. The van der Waals surface area contributed by atoms with Gasteiger partial charge in [-0.3, -0.25) is 0 Å². The van der Waals surface area contributed by atoms with E-state index in [0.717, 1.165) is 18.7 Å². The van der Waals surface area contributed by atoms with E-state index < -0.39 is 0 Å². The fraction of sp³-hybridized carbons (Fsp3) is 0.357. The lowest BCUT2D eigenvalue weighted by Gasteiger charge is -2.07. The standard InChI is InChI=1S/C14H18FN5/c1-2-3-4-9-16-14-19-13(10-17-20-14)18-12-7-5-11(15)6-8-12/h5-8,10H,2-4,9H2,1H3,(H2,16,18,19,20). The number of halogens is 1. The van der Waals surface area contributed by atoms with Crippen LogP contribution in [0.3, 0.4) is 0 Å². The molecule has 2 rings (SSSR count). The first kappa shape index (κ1) is 14.2. The molecule has 5 nitrogen and oxygen atoms in total. The van der Waals surface area contributed by atoms with Gasteiger partial charge in [-0.1, -0.05) is 19.8 Å². The minimum atomic E-state index is -0.269. The quantitative estimate of drug-likeness (QED) is 0.759. The first-order valence-electron chi connectivity index (χ1n) is 6.74. The van der Waals surface area contributed by atoms with Gasteiger partial charge in [0.2, 0.25) is 5.95 Å². The van der Waals surface area contributed by atoms with E-state index in [9.17, 15) is 4.39 Å². The second kappa shape index (κ2) is 7.37. The molecule has 6 heteroatoms. The molecule has 0 fully saturated rings. The molecule has 0 saturated heterocycles. The number of aromatic nitrogens is 3. The van der Waals surface area contributed by atoms with Crippen molar-refractivity contribution in [1.29, 1.82) is 0 Å². The molecule has 0 radical (unpaired) electrons. The Balaban J connectivity index is 1.93. The second-order valence-electron chi connectivity index (χ2n) is 4.43. The number of hydrogen-bond acceptors (Lipinski definition) is 5. The molecule has 0 unspecified atom stereocenters. The average Bonchev–Trinajstić information content (AvgIpc) is 2.47. The highest BCUT2D eigenvalue weighted by atomic mass is 19.1. The van der Waals surface area contributed by atoms with Crippen LogP contribution in [0, 0.1) is 5.82 Å². The molecule has 0 saturated carbocycles. The Morgan fingerprint density at radius 3 is 2.70 bits per heavy atom. The van der Waals surface area contributed by atoms with Crippen LogP contribution in [-0.2, 0) is 0 Å². The van der Waals surface area contributed by atoms with E-state index in [1.807, 2.05) is 0 Å².